The van der Waals surface area contributed by atoms with Crippen LogP contribution in [0.5, 0.6) is 0 Å². The van der Waals surface area contributed by atoms with Gasteiger partial charge in [-0.3, -0.25) is 4.79 Å². The van der Waals surface area contributed by atoms with Gasteiger partial charge in [-0.2, -0.15) is 0 Å². The summed E-state index contributed by atoms with van der Waals surface area (Å²) in [5, 5.41) is 4.13. The standard InChI is InChI=1S/C23H32N2O/c24-22(26)19-12-4-5-13-20(19)23(15-6-1-7-16-23)25-21-14-8-10-17-9-2-3-11-18(17)21/h2-3,9,11-12,20-21,25H,1,4-8,10,13-16H2,(H2,24,26). The molecule has 1 saturated carbocycles. The molecule has 0 aromatic heterocycles. The fourth-order valence-corrected chi connectivity index (χ4v) is 5.75. The molecule has 0 spiro atoms. The van der Waals surface area contributed by atoms with Crippen LogP contribution in [0.1, 0.15) is 81.4 Å². The van der Waals surface area contributed by atoms with Crippen molar-refractivity contribution in [2.24, 2.45) is 11.7 Å². The van der Waals surface area contributed by atoms with Gasteiger partial charge in [0.25, 0.3) is 0 Å². The van der Waals surface area contributed by atoms with Gasteiger partial charge in [0.05, 0.1) is 0 Å². The highest BCUT2D eigenvalue weighted by Gasteiger charge is 2.44. The first-order valence-electron chi connectivity index (χ1n) is 10.5. The number of fused-ring (bicyclic) bond motifs is 1. The summed E-state index contributed by atoms with van der Waals surface area (Å²) in [6, 6.07) is 9.32. The summed E-state index contributed by atoms with van der Waals surface area (Å²) in [6.45, 7) is 0. The summed E-state index contributed by atoms with van der Waals surface area (Å²) < 4.78 is 0. The minimum absolute atomic E-state index is 0.0364. The number of rotatable bonds is 4. The summed E-state index contributed by atoms with van der Waals surface area (Å²) in [5.74, 6) is 0.0774. The predicted octanol–water partition coefficient (Wildman–Crippen LogP) is 4.57. The fraction of sp³-hybridized carbons (Fsp3) is 0.609. The smallest absolute Gasteiger partial charge is 0.244 e. The van der Waals surface area contributed by atoms with Crippen LogP contribution in [0.15, 0.2) is 35.9 Å². The van der Waals surface area contributed by atoms with Crippen LogP contribution in [0.2, 0.25) is 0 Å². The van der Waals surface area contributed by atoms with Gasteiger partial charge in [-0.05, 0) is 62.5 Å². The molecule has 0 aliphatic heterocycles. The topological polar surface area (TPSA) is 55.1 Å². The van der Waals surface area contributed by atoms with Crippen LogP contribution in [0.25, 0.3) is 0 Å². The molecule has 3 N–H and O–H groups in total. The Hall–Kier alpha value is -1.61. The van der Waals surface area contributed by atoms with Gasteiger partial charge in [0.15, 0.2) is 0 Å². The zero-order valence-corrected chi connectivity index (χ0v) is 15.8. The molecule has 0 heterocycles. The molecule has 26 heavy (non-hydrogen) atoms. The third-order valence-corrected chi connectivity index (χ3v) is 6.97. The van der Waals surface area contributed by atoms with Gasteiger partial charge in [-0.1, -0.05) is 49.6 Å². The summed E-state index contributed by atoms with van der Waals surface area (Å²) in [4.78, 5) is 12.2. The number of benzene rings is 1. The van der Waals surface area contributed by atoms with E-state index in [9.17, 15) is 4.79 Å². The maximum absolute atomic E-state index is 12.2. The number of amides is 1. The Morgan fingerprint density at radius 2 is 1.85 bits per heavy atom. The van der Waals surface area contributed by atoms with Crippen molar-refractivity contribution in [3.63, 3.8) is 0 Å². The molecule has 2 atom stereocenters. The Balaban J connectivity index is 1.67. The first-order chi connectivity index (χ1) is 12.7. The Morgan fingerprint density at radius 1 is 1.04 bits per heavy atom. The van der Waals surface area contributed by atoms with Crippen molar-refractivity contribution < 1.29 is 4.79 Å². The van der Waals surface area contributed by atoms with E-state index < -0.39 is 0 Å². The Morgan fingerprint density at radius 3 is 2.65 bits per heavy atom. The summed E-state index contributed by atoms with van der Waals surface area (Å²) >= 11 is 0. The molecule has 2 unspecified atom stereocenters. The van der Waals surface area contributed by atoms with E-state index in [0.29, 0.717) is 6.04 Å². The highest BCUT2D eigenvalue weighted by molar-refractivity contribution is 5.92. The lowest BCUT2D eigenvalue weighted by atomic mass is 9.65. The van der Waals surface area contributed by atoms with Crippen molar-refractivity contribution in [3.05, 3.63) is 47.0 Å². The number of nitrogens with two attached hydrogens (primary N) is 1. The average molecular weight is 353 g/mol. The molecular weight excluding hydrogens is 320 g/mol. The summed E-state index contributed by atoms with van der Waals surface area (Å²) in [6.07, 6.45) is 15.2. The largest absolute Gasteiger partial charge is 0.366 e. The minimum atomic E-state index is -0.203. The van der Waals surface area contributed by atoms with Gasteiger partial charge >= 0.3 is 0 Å². The number of carbonyl (C=O) groups is 1. The predicted molar refractivity (Wildman–Crippen MR) is 106 cm³/mol. The lowest BCUT2D eigenvalue weighted by Crippen LogP contribution is -2.56. The normalized spacial score (nSPS) is 28.1. The Kier molecular flexibility index (Phi) is 5.17. The van der Waals surface area contributed by atoms with E-state index in [2.05, 4.69) is 35.7 Å². The number of hydrogen-bond acceptors (Lipinski definition) is 2. The van der Waals surface area contributed by atoms with E-state index in [4.69, 9.17) is 5.73 Å². The number of allylic oxidation sites excluding steroid dienone is 1. The molecule has 140 valence electrons. The highest BCUT2D eigenvalue weighted by Crippen LogP contribution is 2.45. The molecule has 1 fully saturated rings. The molecule has 4 rings (SSSR count). The average Bonchev–Trinajstić information content (AvgIpc) is 2.69. The summed E-state index contributed by atoms with van der Waals surface area (Å²) in [5.41, 5.74) is 9.70. The zero-order chi connectivity index (χ0) is 18.0. The second kappa shape index (κ2) is 7.56. The lowest BCUT2D eigenvalue weighted by molar-refractivity contribution is -0.115. The lowest BCUT2D eigenvalue weighted by Gasteiger charge is -2.49. The number of carbonyl (C=O) groups excluding carboxylic acids is 1. The number of hydrogen-bond donors (Lipinski definition) is 2. The fourth-order valence-electron chi connectivity index (χ4n) is 5.75. The molecule has 3 aliphatic rings. The minimum Gasteiger partial charge on any atom is -0.366 e. The van der Waals surface area contributed by atoms with Gasteiger partial charge in [0.2, 0.25) is 5.91 Å². The van der Waals surface area contributed by atoms with Crippen molar-refractivity contribution in [3.8, 4) is 0 Å². The van der Waals surface area contributed by atoms with E-state index in [1.54, 1.807) is 0 Å². The van der Waals surface area contributed by atoms with E-state index in [1.807, 2.05) is 0 Å². The second-order valence-corrected chi connectivity index (χ2v) is 8.51. The van der Waals surface area contributed by atoms with E-state index >= 15 is 0 Å². The second-order valence-electron chi connectivity index (χ2n) is 8.51. The van der Waals surface area contributed by atoms with Gasteiger partial charge in [-0.25, -0.2) is 0 Å². The maximum atomic E-state index is 12.2. The van der Waals surface area contributed by atoms with Crippen LogP contribution in [0.4, 0.5) is 0 Å². The van der Waals surface area contributed by atoms with Gasteiger partial charge < -0.3 is 11.1 Å². The quantitative estimate of drug-likeness (QED) is 0.834. The molecular formula is C23H32N2O. The van der Waals surface area contributed by atoms with E-state index in [0.717, 1.165) is 18.4 Å². The van der Waals surface area contributed by atoms with Crippen LogP contribution in [0.3, 0.4) is 0 Å². The monoisotopic (exact) mass is 352 g/mol. The van der Waals surface area contributed by atoms with Gasteiger partial charge in [-0.15, -0.1) is 0 Å². The molecule has 3 aliphatic carbocycles. The van der Waals surface area contributed by atoms with Crippen LogP contribution >= 0.6 is 0 Å². The van der Waals surface area contributed by atoms with Crippen molar-refractivity contribution in [2.45, 2.75) is 82.2 Å². The summed E-state index contributed by atoms with van der Waals surface area (Å²) in [7, 11) is 0. The molecule has 3 nitrogen and oxygen atoms in total. The Bertz CT molecular complexity index is 687. The maximum Gasteiger partial charge on any atom is 0.244 e. The SMILES string of the molecule is NC(=O)C1=CCCCC1C1(NC2CCCc3ccccc32)CCCCC1. The number of nitrogens with one attached hydrogen (secondary N) is 1. The van der Waals surface area contributed by atoms with E-state index in [-0.39, 0.29) is 17.4 Å². The Labute approximate surface area is 157 Å². The van der Waals surface area contributed by atoms with Crippen molar-refractivity contribution in [1.29, 1.82) is 0 Å². The third kappa shape index (κ3) is 3.34. The first kappa shape index (κ1) is 17.8. The van der Waals surface area contributed by atoms with Crippen molar-refractivity contribution in [1.82, 2.24) is 5.32 Å². The third-order valence-electron chi connectivity index (χ3n) is 6.97. The van der Waals surface area contributed by atoms with Gasteiger partial charge in [0, 0.05) is 23.1 Å². The molecule has 0 saturated heterocycles. The molecule has 1 amide bonds. The first-order valence-corrected chi connectivity index (χ1v) is 10.5. The molecule has 0 bridgehead atoms. The molecule has 1 aromatic carbocycles. The van der Waals surface area contributed by atoms with Crippen molar-refractivity contribution >= 4 is 5.91 Å². The molecule has 3 heteroatoms. The number of aryl methyl sites for hydroxylation is 1. The van der Waals surface area contributed by atoms with Crippen LogP contribution in [-0.4, -0.2) is 11.4 Å². The van der Waals surface area contributed by atoms with Gasteiger partial charge in [0.1, 0.15) is 0 Å². The van der Waals surface area contributed by atoms with E-state index in [1.165, 1.54) is 68.9 Å². The highest BCUT2D eigenvalue weighted by atomic mass is 16.1. The van der Waals surface area contributed by atoms with Crippen LogP contribution in [0, 0.1) is 5.92 Å². The zero-order valence-electron chi connectivity index (χ0n) is 15.8. The molecule has 0 radical (unpaired) electrons. The number of primary amides is 1. The van der Waals surface area contributed by atoms with Crippen LogP contribution < -0.4 is 11.1 Å². The van der Waals surface area contributed by atoms with Crippen molar-refractivity contribution in [2.75, 3.05) is 0 Å². The van der Waals surface area contributed by atoms with Crippen LogP contribution in [-0.2, 0) is 11.2 Å². The molecule has 1 aromatic rings.